The van der Waals surface area contributed by atoms with E-state index >= 15 is 0 Å². The number of nitrogens with zero attached hydrogens (tertiary/aromatic N) is 1. The van der Waals surface area contributed by atoms with E-state index in [4.69, 9.17) is 4.74 Å². The number of rotatable bonds is 4. The maximum atomic E-state index is 11.0. The third-order valence-electron chi connectivity index (χ3n) is 2.40. The Bertz CT molecular complexity index is 509. The lowest BCUT2D eigenvalue weighted by atomic mass is 10.1. The van der Waals surface area contributed by atoms with Crippen LogP contribution >= 0.6 is 0 Å². The van der Waals surface area contributed by atoms with Gasteiger partial charge in [-0.2, -0.15) is 0 Å². The van der Waals surface area contributed by atoms with Crippen LogP contribution in [0, 0.1) is 0 Å². The summed E-state index contributed by atoms with van der Waals surface area (Å²) in [6.07, 6.45) is 2.52. The lowest BCUT2D eigenvalue weighted by Crippen LogP contribution is -1.99. The van der Waals surface area contributed by atoms with Crippen LogP contribution in [-0.4, -0.2) is 17.9 Å². The quantitative estimate of drug-likeness (QED) is 0.754. The van der Waals surface area contributed by atoms with Crippen molar-refractivity contribution in [2.75, 3.05) is 6.61 Å². The molecule has 0 spiro atoms. The number of carbonyl (C=O) groups excluding carboxylic acids is 1. The second kappa shape index (κ2) is 5.25. The van der Waals surface area contributed by atoms with Crippen LogP contribution in [0.4, 0.5) is 0 Å². The van der Waals surface area contributed by atoms with Gasteiger partial charge in [-0.25, -0.2) is 0 Å². The molecule has 2 aromatic rings. The number of para-hydroxylation sites is 1. The van der Waals surface area contributed by atoms with Crippen LogP contribution in [0.15, 0.2) is 42.6 Å². The molecule has 0 fully saturated rings. The molecule has 0 N–H and O–H groups in total. The highest BCUT2D eigenvalue weighted by molar-refractivity contribution is 5.85. The van der Waals surface area contributed by atoms with Crippen LogP contribution in [0.1, 0.15) is 17.3 Å². The summed E-state index contributed by atoms with van der Waals surface area (Å²) < 4.78 is 5.54. The molecule has 0 bridgehead atoms. The van der Waals surface area contributed by atoms with Crippen LogP contribution in [0.5, 0.6) is 5.75 Å². The van der Waals surface area contributed by atoms with Gasteiger partial charge in [-0.05, 0) is 31.2 Å². The van der Waals surface area contributed by atoms with Gasteiger partial charge in [0.15, 0.2) is 6.29 Å². The van der Waals surface area contributed by atoms with Gasteiger partial charge in [0.25, 0.3) is 0 Å². The minimum absolute atomic E-state index is 0.519. The third-order valence-corrected chi connectivity index (χ3v) is 2.40. The van der Waals surface area contributed by atoms with Crippen LogP contribution < -0.4 is 4.74 Å². The molecule has 17 heavy (non-hydrogen) atoms. The Kier molecular flexibility index (Phi) is 3.50. The minimum Gasteiger partial charge on any atom is -0.492 e. The zero-order valence-electron chi connectivity index (χ0n) is 9.59. The topological polar surface area (TPSA) is 39.2 Å². The molecule has 1 heterocycles. The summed E-state index contributed by atoms with van der Waals surface area (Å²) in [6, 6.07) is 11.1. The summed E-state index contributed by atoms with van der Waals surface area (Å²) >= 11 is 0. The first-order chi connectivity index (χ1) is 8.36. The number of carbonyl (C=O) groups is 1. The maximum absolute atomic E-state index is 11.0. The number of aromatic nitrogens is 1. The lowest BCUT2D eigenvalue weighted by Gasteiger charge is -2.11. The molecule has 2 rings (SSSR count). The van der Waals surface area contributed by atoms with E-state index in [9.17, 15) is 4.79 Å². The van der Waals surface area contributed by atoms with Crippen LogP contribution in [-0.2, 0) is 0 Å². The fraction of sp³-hybridized carbons (Fsp3) is 0.143. The average molecular weight is 227 g/mol. The fourth-order valence-corrected chi connectivity index (χ4v) is 1.68. The van der Waals surface area contributed by atoms with E-state index in [1.165, 1.54) is 0 Å². The predicted octanol–water partition coefficient (Wildman–Crippen LogP) is 2.96. The highest BCUT2D eigenvalue weighted by Crippen LogP contribution is 2.31. The molecule has 86 valence electrons. The standard InChI is InChI=1S/C14H13NO2/c1-2-17-14-11(10-16)6-5-7-12(14)13-8-3-4-9-15-13/h3-10H,2H2,1H3. The van der Waals surface area contributed by atoms with Crippen molar-refractivity contribution in [1.29, 1.82) is 0 Å². The van der Waals surface area contributed by atoms with Crippen molar-refractivity contribution in [2.24, 2.45) is 0 Å². The van der Waals surface area contributed by atoms with E-state index < -0.39 is 0 Å². The van der Waals surface area contributed by atoms with Crippen molar-refractivity contribution >= 4 is 6.29 Å². The normalized spacial score (nSPS) is 9.94. The van der Waals surface area contributed by atoms with Crippen LogP contribution in [0.3, 0.4) is 0 Å². The maximum Gasteiger partial charge on any atom is 0.153 e. The Labute approximate surface area is 100 Å². The Balaban J connectivity index is 2.57. The smallest absolute Gasteiger partial charge is 0.153 e. The molecule has 0 saturated heterocycles. The fourth-order valence-electron chi connectivity index (χ4n) is 1.68. The summed E-state index contributed by atoms with van der Waals surface area (Å²) in [5.41, 5.74) is 2.20. The van der Waals surface area contributed by atoms with Crippen molar-refractivity contribution in [3.63, 3.8) is 0 Å². The minimum atomic E-state index is 0.519. The van der Waals surface area contributed by atoms with Gasteiger partial charge in [0, 0.05) is 11.8 Å². The SMILES string of the molecule is CCOc1c(C=O)cccc1-c1ccccn1. The molecule has 0 saturated carbocycles. The molecule has 0 aliphatic carbocycles. The van der Waals surface area contributed by atoms with E-state index in [1.807, 2.05) is 37.3 Å². The van der Waals surface area contributed by atoms with Crippen molar-refractivity contribution in [3.8, 4) is 17.0 Å². The lowest BCUT2D eigenvalue weighted by molar-refractivity contribution is 0.112. The average Bonchev–Trinajstić information content (AvgIpc) is 2.40. The molecular weight excluding hydrogens is 214 g/mol. The van der Waals surface area contributed by atoms with Crippen molar-refractivity contribution in [2.45, 2.75) is 6.92 Å². The largest absolute Gasteiger partial charge is 0.492 e. The summed E-state index contributed by atoms with van der Waals surface area (Å²) in [5, 5.41) is 0. The van der Waals surface area contributed by atoms with Crippen molar-refractivity contribution < 1.29 is 9.53 Å². The molecule has 0 atom stereocenters. The van der Waals surface area contributed by atoms with E-state index in [1.54, 1.807) is 12.3 Å². The Morgan fingerprint density at radius 1 is 1.24 bits per heavy atom. The van der Waals surface area contributed by atoms with Gasteiger partial charge in [0.2, 0.25) is 0 Å². The third kappa shape index (κ3) is 2.33. The molecule has 0 aliphatic heterocycles. The van der Waals surface area contributed by atoms with E-state index in [0.717, 1.165) is 17.5 Å². The summed E-state index contributed by atoms with van der Waals surface area (Å²) in [4.78, 5) is 15.3. The molecule has 1 aromatic heterocycles. The van der Waals surface area contributed by atoms with E-state index in [-0.39, 0.29) is 0 Å². The predicted molar refractivity (Wildman–Crippen MR) is 66.2 cm³/mol. The van der Waals surface area contributed by atoms with Gasteiger partial charge in [-0.1, -0.05) is 12.1 Å². The number of pyridine rings is 1. The number of hydrogen-bond acceptors (Lipinski definition) is 3. The highest BCUT2D eigenvalue weighted by atomic mass is 16.5. The second-order valence-corrected chi connectivity index (χ2v) is 3.49. The summed E-state index contributed by atoms with van der Waals surface area (Å²) in [5.74, 6) is 0.601. The molecular formula is C14H13NO2. The number of hydrogen-bond donors (Lipinski definition) is 0. The molecule has 0 unspecified atom stereocenters. The second-order valence-electron chi connectivity index (χ2n) is 3.49. The van der Waals surface area contributed by atoms with Gasteiger partial charge in [-0.15, -0.1) is 0 Å². The van der Waals surface area contributed by atoms with Crippen molar-refractivity contribution in [3.05, 3.63) is 48.2 Å². The van der Waals surface area contributed by atoms with Crippen LogP contribution in [0.25, 0.3) is 11.3 Å². The Morgan fingerprint density at radius 2 is 2.12 bits per heavy atom. The van der Waals surface area contributed by atoms with Gasteiger partial charge in [0.1, 0.15) is 5.75 Å². The molecule has 0 amide bonds. The summed E-state index contributed by atoms with van der Waals surface area (Å²) in [6.45, 7) is 2.41. The van der Waals surface area contributed by atoms with Crippen LogP contribution in [0.2, 0.25) is 0 Å². The Hall–Kier alpha value is -2.16. The van der Waals surface area contributed by atoms with Gasteiger partial charge in [-0.3, -0.25) is 9.78 Å². The van der Waals surface area contributed by atoms with Crippen molar-refractivity contribution in [1.82, 2.24) is 4.98 Å². The molecule has 0 aliphatic rings. The van der Waals surface area contributed by atoms with Gasteiger partial charge < -0.3 is 4.74 Å². The number of aldehydes is 1. The zero-order valence-corrected chi connectivity index (χ0v) is 9.59. The number of ether oxygens (including phenoxy) is 1. The zero-order chi connectivity index (χ0) is 12.1. The monoisotopic (exact) mass is 227 g/mol. The highest BCUT2D eigenvalue weighted by Gasteiger charge is 2.11. The van der Waals surface area contributed by atoms with E-state index in [0.29, 0.717) is 17.9 Å². The first-order valence-corrected chi connectivity index (χ1v) is 5.49. The first-order valence-electron chi connectivity index (χ1n) is 5.49. The molecule has 1 aromatic carbocycles. The number of benzene rings is 1. The molecule has 3 nitrogen and oxygen atoms in total. The first kappa shape index (κ1) is 11.3. The van der Waals surface area contributed by atoms with Gasteiger partial charge >= 0.3 is 0 Å². The van der Waals surface area contributed by atoms with E-state index in [2.05, 4.69) is 4.98 Å². The molecule has 3 heteroatoms. The summed E-state index contributed by atoms with van der Waals surface area (Å²) in [7, 11) is 0. The molecule has 0 radical (unpaired) electrons. The Morgan fingerprint density at radius 3 is 2.76 bits per heavy atom. The van der Waals surface area contributed by atoms with Gasteiger partial charge in [0.05, 0.1) is 17.9 Å².